The minimum atomic E-state index is -0.585. The zero-order valence-electron chi connectivity index (χ0n) is 10.5. The van der Waals surface area contributed by atoms with E-state index in [4.69, 9.17) is 5.73 Å². The Morgan fingerprint density at radius 1 is 1.44 bits per heavy atom. The highest BCUT2D eigenvalue weighted by atomic mass is 19.1. The number of nitrogens with two attached hydrogens (primary N) is 1. The molecule has 2 N–H and O–H groups in total. The number of hydrogen-bond donors (Lipinski definition) is 1. The zero-order valence-corrected chi connectivity index (χ0v) is 10.5. The van der Waals surface area contributed by atoms with E-state index in [1.807, 2.05) is 6.92 Å². The lowest BCUT2D eigenvalue weighted by Crippen LogP contribution is -2.30. The van der Waals surface area contributed by atoms with Gasteiger partial charge in [0.25, 0.3) is 0 Å². The third kappa shape index (κ3) is 3.50. The first kappa shape index (κ1) is 14.6. The highest BCUT2D eigenvalue weighted by Gasteiger charge is 2.25. The van der Waals surface area contributed by atoms with Crippen LogP contribution in [-0.4, -0.2) is 19.1 Å². The summed E-state index contributed by atoms with van der Waals surface area (Å²) in [6, 6.07) is 2.72. The molecule has 0 radical (unpaired) electrons. The summed E-state index contributed by atoms with van der Waals surface area (Å²) in [6.45, 7) is 1.83. The van der Waals surface area contributed by atoms with Gasteiger partial charge in [0.15, 0.2) is 0 Å². The van der Waals surface area contributed by atoms with Crippen molar-refractivity contribution in [3.8, 4) is 0 Å². The Hall–Kier alpha value is -1.49. The Balaban J connectivity index is 3.08. The van der Waals surface area contributed by atoms with Gasteiger partial charge in [-0.25, -0.2) is 8.78 Å². The summed E-state index contributed by atoms with van der Waals surface area (Å²) >= 11 is 0. The second kappa shape index (κ2) is 6.44. The lowest BCUT2D eigenvalue weighted by molar-refractivity contribution is -0.141. The molecule has 1 aromatic carbocycles. The van der Waals surface area contributed by atoms with Gasteiger partial charge in [-0.1, -0.05) is 6.92 Å². The number of ether oxygens (including phenoxy) is 1. The van der Waals surface area contributed by atoms with Crippen LogP contribution >= 0.6 is 0 Å². The highest BCUT2D eigenvalue weighted by molar-refractivity contribution is 5.70. The quantitative estimate of drug-likeness (QED) is 0.824. The molecule has 100 valence electrons. The molecule has 0 aliphatic carbocycles. The Bertz CT molecular complexity index is 423. The van der Waals surface area contributed by atoms with Crippen molar-refractivity contribution in [2.75, 3.05) is 7.11 Å². The summed E-state index contributed by atoms with van der Waals surface area (Å²) in [7, 11) is 1.25. The van der Waals surface area contributed by atoms with Crippen LogP contribution in [0.3, 0.4) is 0 Å². The van der Waals surface area contributed by atoms with Gasteiger partial charge >= 0.3 is 5.97 Å². The molecule has 1 rings (SSSR count). The van der Waals surface area contributed by atoms with Crippen molar-refractivity contribution >= 4 is 5.97 Å². The van der Waals surface area contributed by atoms with E-state index >= 15 is 0 Å². The maximum atomic E-state index is 13.7. The van der Waals surface area contributed by atoms with Crippen LogP contribution in [-0.2, 0) is 9.53 Å². The molecule has 3 nitrogen and oxygen atoms in total. The molecule has 0 bridgehead atoms. The smallest absolute Gasteiger partial charge is 0.306 e. The summed E-state index contributed by atoms with van der Waals surface area (Å²) < 4.78 is 31.4. The van der Waals surface area contributed by atoms with E-state index in [2.05, 4.69) is 4.74 Å². The molecule has 0 aromatic heterocycles. The van der Waals surface area contributed by atoms with Crippen molar-refractivity contribution < 1.29 is 18.3 Å². The highest BCUT2D eigenvalue weighted by Crippen LogP contribution is 2.27. The number of carbonyl (C=O) groups is 1. The molecule has 0 aliphatic heterocycles. The molecule has 0 fully saturated rings. The van der Waals surface area contributed by atoms with Crippen LogP contribution < -0.4 is 5.73 Å². The van der Waals surface area contributed by atoms with Crippen molar-refractivity contribution in [2.45, 2.75) is 31.7 Å². The first-order valence-electron chi connectivity index (χ1n) is 5.76. The average molecular weight is 257 g/mol. The van der Waals surface area contributed by atoms with Gasteiger partial charge in [-0.3, -0.25) is 4.79 Å². The fourth-order valence-electron chi connectivity index (χ4n) is 1.84. The molecule has 2 unspecified atom stereocenters. The molecule has 0 spiro atoms. The first-order valence-corrected chi connectivity index (χ1v) is 5.76. The molecule has 0 heterocycles. The third-order valence-corrected chi connectivity index (χ3v) is 2.96. The topological polar surface area (TPSA) is 52.3 Å². The van der Waals surface area contributed by atoms with Crippen LogP contribution in [0.5, 0.6) is 0 Å². The molecule has 2 atom stereocenters. The van der Waals surface area contributed by atoms with E-state index in [0.29, 0.717) is 6.42 Å². The minimum Gasteiger partial charge on any atom is -0.469 e. The monoisotopic (exact) mass is 257 g/mol. The Kier molecular flexibility index (Phi) is 5.22. The molecule has 0 aliphatic rings. The SMILES string of the molecule is CCC(N)C(CC(=O)OC)c1cc(F)ccc1F. The van der Waals surface area contributed by atoms with Crippen LogP contribution in [0.25, 0.3) is 0 Å². The number of hydrogen-bond acceptors (Lipinski definition) is 3. The predicted octanol–water partition coefficient (Wildman–Crippen LogP) is 2.35. The molecule has 5 heteroatoms. The first-order chi connectivity index (χ1) is 8.49. The average Bonchev–Trinajstić information content (AvgIpc) is 2.37. The second-order valence-electron chi connectivity index (χ2n) is 4.12. The third-order valence-electron chi connectivity index (χ3n) is 2.96. The Labute approximate surface area is 105 Å². The maximum Gasteiger partial charge on any atom is 0.306 e. The number of rotatable bonds is 5. The lowest BCUT2D eigenvalue weighted by Gasteiger charge is -2.22. The van der Waals surface area contributed by atoms with Gasteiger partial charge < -0.3 is 10.5 Å². The second-order valence-corrected chi connectivity index (χ2v) is 4.12. The number of carbonyl (C=O) groups excluding carboxylic acids is 1. The summed E-state index contributed by atoms with van der Waals surface area (Å²) in [5.41, 5.74) is 5.99. The van der Waals surface area contributed by atoms with Gasteiger partial charge in [0.05, 0.1) is 13.5 Å². The van der Waals surface area contributed by atoms with E-state index < -0.39 is 29.6 Å². The standard InChI is InChI=1S/C13H17F2NO2/c1-3-12(16)10(7-13(17)18-2)9-6-8(14)4-5-11(9)15/h4-6,10,12H,3,7,16H2,1-2H3. The molecule has 18 heavy (non-hydrogen) atoms. The van der Waals surface area contributed by atoms with Gasteiger partial charge in [-0.15, -0.1) is 0 Å². The van der Waals surface area contributed by atoms with Crippen LogP contribution in [0.4, 0.5) is 8.78 Å². The summed E-state index contributed by atoms with van der Waals surface area (Å²) in [5, 5.41) is 0. The van der Waals surface area contributed by atoms with Gasteiger partial charge in [0.1, 0.15) is 11.6 Å². The molecular formula is C13H17F2NO2. The fourth-order valence-corrected chi connectivity index (χ4v) is 1.84. The summed E-state index contributed by atoms with van der Waals surface area (Å²) in [6.07, 6.45) is 0.490. The van der Waals surface area contributed by atoms with E-state index in [0.717, 1.165) is 18.2 Å². The van der Waals surface area contributed by atoms with Crippen molar-refractivity contribution in [3.05, 3.63) is 35.4 Å². The molecule has 0 saturated heterocycles. The molecule has 1 aromatic rings. The summed E-state index contributed by atoms with van der Waals surface area (Å²) in [4.78, 5) is 11.3. The normalized spacial score (nSPS) is 14.1. The van der Waals surface area contributed by atoms with Gasteiger partial charge in [-0.05, 0) is 30.2 Å². The largest absolute Gasteiger partial charge is 0.469 e. The Morgan fingerprint density at radius 2 is 2.11 bits per heavy atom. The van der Waals surface area contributed by atoms with Crippen molar-refractivity contribution in [1.29, 1.82) is 0 Å². The number of halogens is 2. The zero-order chi connectivity index (χ0) is 13.7. The van der Waals surface area contributed by atoms with Crippen LogP contribution in [0.2, 0.25) is 0 Å². The number of esters is 1. The minimum absolute atomic E-state index is 0.0636. The molecular weight excluding hydrogens is 240 g/mol. The number of benzene rings is 1. The molecule has 0 saturated carbocycles. The number of methoxy groups -OCH3 is 1. The van der Waals surface area contributed by atoms with Gasteiger partial charge in [0, 0.05) is 12.0 Å². The summed E-state index contributed by atoms with van der Waals surface area (Å²) in [5.74, 6) is -2.19. The lowest BCUT2D eigenvalue weighted by atomic mass is 9.87. The van der Waals surface area contributed by atoms with E-state index in [1.165, 1.54) is 7.11 Å². The van der Waals surface area contributed by atoms with Gasteiger partial charge in [0.2, 0.25) is 0 Å². The van der Waals surface area contributed by atoms with E-state index in [-0.39, 0.29) is 12.0 Å². The van der Waals surface area contributed by atoms with Crippen LogP contribution in [0.15, 0.2) is 18.2 Å². The van der Waals surface area contributed by atoms with Crippen molar-refractivity contribution in [1.82, 2.24) is 0 Å². The predicted molar refractivity (Wildman–Crippen MR) is 64.0 cm³/mol. The van der Waals surface area contributed by atoms with Crippen LogP contribution in [0, 0.1) is 11.6 Å². The van der Waals surface area contributed by atoms with E-state index in [1.54, 1.807) is 0 Å². The van der Waals surface area contributed by atoms with Crippen LogP contribution in [0.1, 0.15) is 31.2 Å². The maximum absolute atomic E-state index is 13.7. The van der Waals surface area contributed by atoms with E-state index in [9.17, 15) is 13.6 Å². The molecule has 0 amide bonds. The van der Waals surface area contributed by atoms with Crippen molar-refractivity contribution in [2.24, 2.45) is 5.73 Å². The fraction of sp³-hybridized carbons (Fsp3) is 0.462. The van der Waals surface area contributed by atoms with Gasteiger partial charge in [-0.2, -0.15) is 0 Å². The Morgan fingerprint density at radius 3 is 2.67 bits per heavy atom. The van der Waals surface area contributed by atoms with Crippen molar-refractivity contribution in [3.63, 3.8) is 0 Å².